The van der Waals surface area contributed by atoms with Crippen LogP contribution in [0.1, 0.15) is 12.6 Å². The molecular formula is C7H10N2O2. The molecule has 2 rings (SSSR count). The van der Waals surface area contributed by atoms with Crippen LogP contribution in [-0.4, -0.2) is 18.4 Å². The van der Waals surface area contributed by atoms with Crippen LogP contribution in [-0.2, 0) is 10.2 Å². The number of aromatic nitrogens is 1. The molecule has 60 valence electrons. The quantitative estimate of drug-likeness (QED) is 0.641. The van der Waals surface area contributed by atoms with E-state index < -0.39 is 0 Å². The maximum atomic E-state index is 5.38. The average molecular weight is 154 g/mol. The third-order valence-electron chi connectivity index (χ3n) is 1.99. The minimum absolute atomic E-state index is 0.0289. The van der Waals surface area contributed by atoms with E-state index in [9.17, 15) is 0 Å². The summed E-state index contributed by atoms with van der Waals surface area (Å²) in [5.41, 5.74) is 6.30. The van der Waals surface area contributed by atoms with E-state index in [0.29, 0.717) is 19.1 Å². The second-order valence-corrected chi connectivity index (χ2v) is 3.17. The Labute approximate surface area is 64.3 Å². The van der Waals surface area contributed by atoms with Crippen molar-refractivity contribution in [2.75, 3.05) is 18.9 Å². The summed E-state index contributed by atoms with van der Waals surface area (Å²) in [4.78, 5) is 0. The summed E-state index contributed by atoms with van der Waals surface area (Å²) in [6.07, 6.45) is 0. The Hall–Kier alpha value is -1.03. The highest BCUT2D eigenvalue weighted by Crippen LogP contribution is 2.31. The Morgan fingerprint density at radius 2 is 2.36 bits per heavy atom. The van der Waals surface area contributed by atoms with Gasteiger partial charge in [-0.3, -0.25) is 0 Å². The maximum absolute atomic E-state index is 5.38. The lowest BCUT2D eigenvalue weighted by Gasteiger charge is -2.35. The van der Waals surface area contributed by atoms with Crippen molar-refractivity contribution in [3.8, 4) is 0 Å². The lowest BCUT2D eigenvalue weighted by Crippen LogP contribution is -2.44. The number of rotatable bonds is 1. The third-order valence-corrected chi connectivity index (χ3v) is 1.99. The molecule has 0 spiro atoms. The standard InChI is InChI=1S/C7H10N2O2/c1-7(3-10-4-7)5-2-6(8)11-9-5/h2H,3-4,8H2,1H3. The maximum Gasteiger partial charge on any atom is 0.222 e. The Bertz CT molecular complexity index is 265. The fourth-order valence-electron chi connectivity index (χ4n) is 1.13. The predicted molar refractivity (Wildman–Crippen MR) is 39.1 cm³/mol. The minimum Gasteiger partial charge on any atom is -0.379 e. The van der Waals surface area contributed by atoms with Gasteiger partial charge in [-0.05, 0) is 6.92 Å². The van der Waals surface area contributed by atoms with Crippen molar-refractivity contribution in [3.05, 3.63) is 11.8 Å². The van der Waals surface area contributed by atoms with E-state index in [1.165, 1.54) is 0 Å². The number of nitrogens with zero attached hydrogens (tertiary/aromatic N) is 1. The average Bonchev–Trinajstić information content (AvgIpc) is 2.31. The van der Waals surface area contributed by atoms with Crippen LogP contribution in [0.25, 0.3) is 0 Å². The summed E-state index contributed by atoms with van der Waals surface area (Å²) in [6, 6.07) is 1.75. The van der Waals surface area contributed by atoms with Crippen molar-refractivity contribution in [1.82, 2.24) is 5.16 Å². The van der Waals surface area contributed by atoms with Crippen molar-refractivity contribution in [1.29, 1.82) is 0 Å². The van der Waals surface area contributed by atoms with Gasteiger partial charge in [0.05, 0.1) is 24.3 Å². The predicted octanol–water partition coefficient (Wildman–Crippen LogP) is 0.545. The number of nitrogen functional groups attached to an aromatic ring is 1. The van der Waals surface area contributed by atoms with Crippen LogP contribution in [0.2, 0.25) is 0 Å². The molecule has 4 heteroatoms. The summed E-state index contributed by atoms with van der Waals surface area (Å²) in [5.74, 6) is 0.369. The zero-order valence-corrected chi connectivity index (χ0v) is 6.33. The zero-order valence-electron chi connectivity index (χ0n) is 6.33. The molecule has 2 heterocycles. The molecule has 0 atom stereocenters. The van der Waals surface area contributed by atoms with Gasteiger partial charge in [-0.15, -0.1) is 0 Å². The monoisotopic (exact) mass is 154 g/mol. The van der Waals surface area contributed by atoms with Crippen LogP contribution in [0, 0.1) is 0 Å². The van der Waals surface area contributed by atoms with Crippen LogP contribution in [0.4, 0.5) is 5.88 Å². The minimum atomic E-state index is 0.0289. The largest absolute Gasteiger partial charge is 0.379 e. The molecule has 0 unspecified atom stereocenters. The molecule has 1 fully saturated rings. The van der Waals surface area contributed by atoms with Crippen molar-refractivity contribution >= 4 is 5.88 Å². The molecule has 1 saturated heterocycles. The van der Waals surface area contributed by atoms with Gasteiger partial charge in [-0.2, -0.15) is 0 Å². The fraction of sp³-hybridized carbons (Fsp3) is 0.571. The van der Waals surface area contributed by atoms with Gasteiger partial charge in [0, 0.05) is 6.07 Å². The first-order valence-electron chi connectivity index (χ1n) is 3.51. The molecule has 0 aromatic carbocycles. The number of anilines is 1. The van der Waals surface area contributed by atoms with Crippen molar-refractivity contribution in [3.63, 3.8) is 0 Å². The lowest BCUT2D eigenvalue weighted by atomic mass is 9.85. The first-order chi connectivity index (χ1) is 5.21. The zero-order chi connectivity index (χ0) is 7.90. The van der Waals surface area contributed by atoms with E-state index in [-0.39, 0.29) is 5.41 Å². The Morgan fingerprint density at radius 1 is 1.64 bits per heavy atom. The van der Waals surface area contributed by atoms with E-state index in [0.717, 1.165) is 5.69 Å². The summed E-state index contributed by atoms with van der Waals surface area (Å²) in [6.45, 7) is 3.49. The summed E-state index contributed by atoms with van der Waals surface area (Å²) >= 11 is 0. The van der Waals surface area contributed by atoms with Crippen LogP contribution in [0.3, 0.4) is 0 Å². The molecule has 1 aromatic rings. The molecule has 1 aliphatic rings. The smallest absolute Gasteiger partial charge is 0.222 e. The van der Waals surface area contributed by atoms with Gasteiger partial charge in [-0.1, -0.05) is 5.16 Å². The molecule has 2 N–H and O–H groups in total. The van der Waals surface area contributed by atoms with Crippen LogP contribution < -0.4 is 5.73 Å². The van der Waals surface area contributed by atoms with E-state index in [2.05, 4.69) is 12.1 Å². The van der Waals surface area contributed by atoms with Crippen LogP contribution in [0.15, 0.2) is 10.6 Å². The number of ether oxygens (including phenoxy) is 1. The summed E-state index contributed by atoms with van der Waals surface area (Å²) in [5, 5.41) is 3.83. The van der Waals surface area contributed by atoms with Crippen LogP contribution in [0.5, 0.6) is 0 Å². The molecule has 0 saturated carbocycles. The topological polar surface area (TPSA) is 61.3 Å². The highest BCUT2D eigenvalue weighted by Gasteiger charge is 2.38. The van der Waals surface area contributed by atoms with Gasteiger partial charge in [0.15, 0.2) is 0 Å². The Morgan fingerprint density at radius 3 is 2.73 bits per heavy atom. The van der Waals surface area contributed by atoms with Gasteiger partial charge in [0.1, 0.15) is 0 Å². The fourth-order valence-corrected chi connectivity index (χ4v) is 1.13. The lowest BCUT2D eigenvalue weighted by molar-refractivity contribution is -0.0532. The molecule has 1 aromatic heterocycles. The molecule has 0 radical (unpaired) electrons. The molecule has 0 aliphatic carbocycles. The highest BCUT2D eigenvalue weighted by molar-refractivity contribution is 5.30. The molecule has 11 heavy (non-hydrogen) atoms. The second-order valence-electron chi connectivity index (χ2n) is 3.17. The van der Waals surface area contributed by atoms with E-state index >= 15 is 0 Å². The molecule has 4 nitrogen and oxygen atoms in total. The van der Waals surface area contributed by atoms with E-state index in [4.69, 9.17) is 15.0 Å². The van der Waals surface area contributed by atoms with Gasteiger partial charge in [0.2, 0.25) is 5.88 Å². The number of hydrogen-bond donors (Lipinski definition) is 1. The second kappa shape index (κ2) is 1.98. The van der Waals surface area contributed by atoms with Crippen molar-refractivity contribution in [2.45, 2.75) is 12.3 Å². The Balaban J connectivity index is 2.28. The molecule has 1 aliphatic heterocycles. The first-order valence-corrected chi connectivity index (χ1v) is 3.51. The highest BCUT2D eigenvalue weighted by atomic mass is 16.5. The number of hydrogen-bond acceptors (Lipinski definition) is 4. The van der Waals surface area contributed by atoms with Gasteiger partial charge in [-0.25, -0.2) is 0 Å². The Kier molecular flexibility index (Phi) is 1.20. The van der Waals surface area contributed by atoms with Crippen molar-refractivity contribution in [2.24, 2.45) is 0 Å². The van der Waals surface area contributed by atoms with Gasteiger partial charge in [0.25, 0.3) is 0 Å². The van der Waals surface area contributed by atoms with Gasteiger partial charge >= 0.3 is 0 Å². The molecule has 0 bridgehead atoms. The van der Waals surface area contributed by atoms with E-state index in [1.54, 1.807) is 6.07 Å². The normalized spacial score (nSPS) is 21.2. The molecular weight excluding hydrogens is 144 g/mol. The summed E-state index contributed by atoms with van der Waals surface area (Å²) < 4.78 is 9.84. The third kappa shape index (κ3) is 0.903. The number of nitrogens with two attached hydrogens (primary N) is 1. The van der Waals surface area contributed by atoms with E-state index in [1.807, 2.05) is 0 Å². The first kappa shape index (κ1) is 6.67. The van der Waals surface area contributed by atoms with Crippen molar-refractivity contribution < 1.29 is 9.26 Å². The molecule has 0 amide bonds. The SMILES string of the molecule is CC1(c2cc(N)on2)COC1. The summed E-state index contributed by atoms with van der Waals surface area (Å²) in [7, 11) is 0. The van der Waals surface area contributed by atoms with Gasteiger partial charge < -0.3 is 15.0 Å². The van der Waals surface area contributed by atoms with Crippen LogP contribution >= 0.6 is 0 Å².